The fourth-order valence-electron chi connectivity index (χ4n) is 3.70. The molecular weight excluding hydrogens is 504 g/mol. The number of aromatic nitrogens is 1. The number of hydrogen-bond acceptors (Lipinski definition) is 3. The minimum Gasteiger partial charge on any atom is -0.488 e. The van der Waals surface area contributed by atoms with Gasteiger partial charge in [0.1, 0.15) is 12.4 Å². The lowest BCUT2D eigenvalue weighted by Gasteiger charge is -2.17. The summed E-state index contributed by atoms with van der Waals surface area (Å²) in [4.78, 5) is 12.3. The third-order valence-corrected chi connectivity index (χ3v) is 5.78. The Morgan fingerprint density at radius 1 is 0.971 bits per heavy atom. The maximum Gasteiger partial charge on any atom is 0.338 e. The molecule has 4 aromatic rings. The van der Waals surface area contributed by atoms with E-state index in [0.717, 1.165) is 39.2 Å². The molecule has 0 spiro atoms. The molecular formula is C27H22BrF2NO3. The van der Waals surface area contributed by atoms with E-state index in [-0.39, 0.29) is 12.6 Å². The molecule has 0 saturated heterocycles. The number of esters is 1. The van der Waals surface area contributed by atoms with E-state index in [4.69, 9.17) is 9.47 Å². The topological polar surface area (TPSA) is 40.5 Å². The molecule has 0 aliphatic rings. The van der Waals surface area contributed by atoms with Crippen molar-refractivity contribution in [2.24, 2.45) is 0 Å². The van der Waals surface area contributed by atoms with Gasteiger partial charge in [0.15, 0.2) is 11.6 Å². The van der Waals surface area contributed by atoms with Gasteiger partial charge in [-0.25, -0.2) is 13.6 Å². The smallest absolute Gasteiger partial charge is 0.338 e. The first kappa shape index (κ1) is 23.7. The normalized spacial score (nSPS) is 10.9. The van der Waals surface area contributed by atoms with Crippen LogP contribution in [0.4, 0.5) is 8.78 Å². The van der Waals surface area contributed by atoms with Crippen LogP contribution in [-0.4, -0.2) is 17.1 Å². The van der Waals surface area contributed by atoms with Gasteiger partial charge in [0.05, 0.1) is 17.9 Å². The molecule has 0 radical (unpaired) electrons. The van der Waals surface area contributed by atoms with Crippen molar-refractivity contribution in [2.45, 2.75) is 20.5 Å². The quantitative estimate of drug-likeness (QED) is 0.238. The monoisotopic (exact) mass is 525 g/mol. The molecule has 1 aromatic heterocycles. The van der Waals surface area contributed by atoms with Crippen molar-refractivity contribution in [2.75, 3.05) is 6.61 Å². The van der Waals surface area contributed by atoms with Crippen molar-refractivity contribution in [1.82, 2.24) is 4.57 Å². The molecule has 1 heterocycles. The van der Waals surface area contributed by atoms with Gasteiger partial charge in [-0.3, -0.25) is 0 Å². The van der Waals surface area contributed by atoms with Gasteiger partial charge >= 0.3 is 5.97 Å². The molecule has 174 valence electrons. The summed E-state index contributed by atoms with van der Waals surface area (Å²) in [5.41, 5.74) is 4.38. The Kier molecular flexibility index (Phi) is 7.12. The molecule has 4 nitrogen and oxygen atoms in total. The van der Waals surface area contributed by atoms with Crippen LogP contribution < -0.4 is 4.74 Å². The molecule has 0 unspecified atom stereocenters. The van der Waals surface area contributed by atoms with Crippen LogP contribution in [0.3, 0.4) is 0 Å². The average Bonchev–Trinajstić information content (AvgIpc) is 3.21. The summed E-state index contributed by atoms with van der Waals surface area (Å²) < 4.78 is 40.9. The summed E-state index contributed by atoms with van der Waals surface area (Å²) in [6.45, 7) is 4.11. The lowest BCUT2D eigenvalue weighted by molar-refractivity contribution is 0.0526. The van der Waals surface area contributed by atoms with Crippen molar-refractivity contribution < 1.29 is 23.0 Å². The zero-order chi connectivity index (χ0) is 24.2. The van der Waals surface area contributed by atoms with E-state index in [1.807, 2.05) is 54.0 Å². The molecule has 4 rings (SSSR count). The molecule has 0 aliphatic heterocycles. The lowest BCUT2D eigenvalue weighted by Crippen LogP contribution is -2.07. The van der Waals surface area contributed by atoms with Gasteiger partial charge in [0.25, 0.3) is 0 Å². The van der Waals surface area contributed by atoms with Crippen LogP contribution in [0.15, 0.2) is 77.3 Å². The Labute approximate surface area is 204 Å². The maximum atomic E-state index is 13.6. The Hall–Kier alpha value is -3.45. The number of benzene rings is 3. The Balaban J connectivity index is 1.72. The van der Waals surface area contributed by atoms with Crippen molar-refractivity contribution in [3.05, 3.63) is 106 Å². The zero-order valence-corrected chi connectivity index (χ0v) is 20.2. The van der Waals surface area contributed by atoms with Crippen LogP contribution in [0.1, 0.15) is 28.5 Å². The molecule has 7 heteroatoms. The second kappa shape index (κ2) is 10.2. The molecule has 0 amide bonds. The third kappa shape index (κ3) is 5.04. The van der Waals surface area contributed by atoms with E-state index in [1.54, 1.807) is 19.1 Å². The third-order valence-electron chi connectivity index (χ3n) is 5.29. The molecule has 0 bridgehead atoms. The SMILES string of the molecule is CCOC(=O)c1cccc(-n2c(C)ccc2-c2cc(Br)ccc2OCc2ccc(F)c(F)c2)c1. The average molecular weight is 526 g/mol. The first-order valence-corrected chi connectivity index (χ1v) is 11.5. The Bertz CT molecular complexity index is 1350. The van der Waals surface area contributed by atoms with E-state index in [0.29, 0.717) is 23.5 Å². The van der Waals surface area contributed by atoms with Gasteiger partial charge in [-0.1, -0.05) is 28.1 Å². The molecule has 0 fully saturated rings. The van der Waals surface area contributed by atoms with Gasteiger partial charge in [-0.15, -0.1) is 0 Å². The number of hydrogen-bond donors (Lipinski definition) is 0. The zero-order valence-electron chi connectivity index (χ0n) is 18.6. The Morgan fingerprint density at radius 3 is 2.56 bits per heavy atom. The van der Waals surface area contributed by atoms with E-state index in [1.165, 1.54) is 6.07 Å². The van der Waals surface area contributed by atoms with Gasteiger partial charge in [-0.05, 0) is 80.1 Å². The predicted octanol–water partition coefficient (Wildman–Crippen LogP) is 7.25. The van der Waals surface area contributed by atoms with Crippen LogP contribution in [0.2, 0.25) is 0 Å². The number of ether oxygens (including phenoxy) is 2. The summed E-state index contributed by atoms with van der Waals surface area (Å²) in [6.07, 6.45) is 0. The summed E-state index contributed by atoms with van der Waals surface area (Å²) >= 11 is 3.53. The summed E-state index contributed by atoms with van der Waals surface area (Å²) in [5.74, 6) is -1.61. The van der Waals surface area contributed by atoms with Crippen molar-refractivity contribution in [1.29, 1.82) is 0 Å². The minimum atomic E-state index is -0.914. The van der Waals surface area contributed by atoms with E-state index < -0.39 is 11.6 Å². The molecule has 3 aromatic carbocycles. The highest BCUT2D eigenvalue weighted by Gasteiger charge is 2.17. The van der Waals surface area contributed by atoms with Crippen LogP contribution in [0, 0.1) is 18.6 Å². The number of halogens is 3. The summed E-state index contributed by atoms with van der Waals surface area (Å²) in [7, 11) is 0. The van der Waals surface area contributed by atoms with E-state index in [9.17, 15) is 13.6 Å². The number of rotatable bonds is 7. The van der Waals surface area contributed by atoms with Gasteiger partial charge in [-0.2, -0.15) is 0 Å². The van der Waals surface area contributed by atoms with Gasteiger partial charge in [0, 0.05) is 21.4 Å². The predicted molar refractivity (Wildman–Crippen MR) is 130 cm³/mol. The largest absolute Gasteiger partial charge is 0.488 e. The van der Waals surface area contributed by atoms with E-state index in [2.05, 4.69) is 15.9 Å². The second-order valence-corrected chi connectivity index (χ2v) is 8.56. The maximum absolute atomic E-state index is 13.6. The van der Waals surface area contributed by atoms with Crippen LogP contribution in [0.25, 0.3) is 16.9 Å². The molecule has 0 aliphatic carbocycles. The number of carbonyl (C=O) groups excluding carboxylic acids is 1. The Morgan fingerprint density at radius 2 is 1.79 bits per heavy atom. The number of carbonyl (C=O) groups is 1. The molecule has 0 saturated carbocycles. The summed E-state index contributed by atoms with van der Waals surface area (Å²) in [6, 6.07) is 20.5. The standard InChI is InChI=1S/C27H22BrF2NO3/c1-3-33-27(32)19-5-4-6-21(14-19)31-17(2)7-11-25(31)22-15-20(28)9-12-26(22)34-16-18-8-10-23(29)24(30)13-18/h4-15H,3,16H2,1-2H3. The van der Waals surface area contributed by atoms with Crippen LogP contribution in [-0.2, 0) is 11.3 Å². The van der Waals surface area contributed by atoms with Gasteiger partial charge < -0.3 is 14.0 Å². The fourth-order valence-corrected chi connectivity index (χ4v) is 4.06. The first-order chi connectivity index (χ1) is 16.4. The minimum absolute atomic E-state index is 0.0733. The highest BCUT2D eigenvalue weighted by molar-refractivity contribution is 9.10. The summed E-state index contributed by atoms with van der Waals surface area (Å²) in [5, 5.41) is 0. The van der Waals surface area contributed by atoms with Crippen molar-refractivity contribution in [3.63, 3.8) is 0 Å². The molecule has 0 N–H and O–H groups in total. The first-order valence-electron chi connectivity index (χ1n) is 10.7. The lowest BCUT2D eigenvalue weighted by atomic mass is 10.1. The van der Waals surface area contributed by atoms with Crippen molar-refractivity contribution >= 4 is 21.9 Å². The van der Waals surface area contributed by atoms with Crippen LogP contribution >= 0.6 is 15.9 Å². The highest BCUT2D eigenvalue weighted by Crippen LogP contribution is 2.36. The molecule has 34 heavy (non-hydrogen) atoms. The van der Waals surface area contributed by atoms with Gasteiger partial charge in [0.2, 0.25) is 0 Å². The number of aryl methyl sites for hydroxylation is 1. The fraction of sp³-hybridized carbons (Fsp3) is 0.148. The van der Waals surface area contributed by atoms with Crippen molar-refractivity contribution in [3.8, 4) is 22.7 Å². The van der Waals surface area contributed by atoms with Crippen LogP contribution in [0.5, 0.6) is 5.75 Å². The number of nitrogens with zero attached hydrogens (tertiary/aromatic N) is 1. The second-order valence-electron chi connectivity index (χ2n) is 7.64. The molecule has 0 atom stereocenters. The highest BCUT2D eigenvalue weighted by atomic mass is 79.9. The van der Waals surface area contributed by atoms with E-state index >= 15 is 0 Å².